The first kappa shape index (κ1) is 17.5. The molecular formula is C20H14F3N3. The number of nitriles is 1. The number of aromatic nitrogens is 2. The second kappa shape index (κ2) is 7.28. The zero-order chi connectivity index (χ0) is 18.6. The molecule has 0 aliphatic carbocycles. The number of alkyl halides is 3. The third-order valence-corrected chi connectivity index (χ3v) is 3.93. The van der Waals surface area contributed by atoms with Crippen molar-refractivity contribution in [3.05, 3.63) is 95.1 Å². The van der Waals surface area contributed by atoms with E-state index < -0.39 is 11.7 Å². The van der Waals surface area contributed by atoms with Gasteiger partial charge in [-0.2, -0.15) is 18.4 Å². The Morgan fingerprint density at radius 1 is 1.04 bits per heavy atom. The number of nitrogens with one attached hydrogen (secondary N) is 1. The smallest absolute Gasteiger partial charge is 0.348 e. The Morgan fingerprint density at radius 2 is 1.65 bits per heavy atom. The molecule has 130 valence electrons. The Balaban J connectivity index is 1.99. The summed E-state index contributed by atoms with van der Waals surface area (Å²) in [6, 6.07) is 14.1. The number of imidazole rings is 1. The van der Waals surface area contributed by atoms with Gasteiger partial charge in [-0.05, 0) is 41.0 Å². The molecule has 3 aromatic rings. The molecule has 0 aliphatic heterocycles. The largest absolute Gasteiger partial charge is 0.416 e. The lowest BCUT2D eigenvalue weighted by Crippen LogP contribution is -2.04. The maximum absolute atomic E-state index is 12.8. The van der Waals surface area contributed by atoms with E-state index in [4.69, 9.17) is 5.26 Å². The van der Waals surface area contributed by atoms with Crippen LogP contribution in [0.2, 0.25) is 0 Å². The van der Waals surface area contributed by atoms with Crippen LogP contribution in [0.25, 0.3) is 5.57 Å². The average molecular weight is 353 g/mol. The van der Waals surface area contributed by atoms with E-state index in [9.17, 15) is 13.2 Å². The minimum Gasteiger partial charge on any atom is -0.348 e. The summed E-state index contributed by atoms with van der Waals surface area (Å²) in [6.07, 6.45) is 1.38. The standard InChI is InChI=1S/C20H14F3N3/c21-20(22,23)17-7-5-16(6-8-17)19(10-9-18-12-25-13-26-18)15-3-1-14(11-24)2-4-15/h1-8,10,12-13H,9H2,(H,25,26)/b19-10-. The van der Waals surface area contributed by atoms with Crippen LogP contribution in [0.3, 0.4) is 0 Å². The van der Waals surface area contributed by atoms with E-state index >= 15 is 0 Å². The maximum atomic E-state index is 12.8. The molecule has 3 rings (SSSR count). The third-order valence-electron chi connectivity index (χ3n) is 3.93. The fraction of sp³-hybridized carbons (Fsp3) is 0.100. The van der Waals surface area contributed by atoms with Crippen molar-refractivity contribution in [3.63, 3.8) is 0 Å². The Labute approximate surface area is 148 Å². The summed E-state index contributed by atoms with van der Waals surface area (Å²) in [5.41, 5.74) is 3.01. The molecule has 1 aromatic heterocycles. The molecule has 0 aliphatic rings. The van der Waals surface area contributed by atoms with Gasteiger partial charge in [0.15, 0.2) is 0 Å². The van der Waals surface area contributed by atoms with Crippen LogP contribution in [0.1, 0.15) is 27.9 Å². The molecular weight excluding hydrogens is 339 g/mol. The van der Waals surface area contributed by atoms with Crippen LogP contribution in [-0.2, 0) is 12.6 Å². The average Bonchev–Trinajstić information content (AvgIpc) is 3.16. The van der Waals surface area contributed by atoms with E-state index in [1.54, 1.807) is 36.8 Å². The highest BCUT2D eigenvalue weighted by Crippen LogP contribution is 2.31. The maximum Gasteiger partial charge on any atom is 0.416 e. The van der Waals surface area contributed by atoms with E-state index in [0.717, 1.165) is 29.0 Å². The van der Waals surface area contributed by atoms with E-state index in [0.29, 0.717) is 17.5 Å². The monoisotopic (exact) mass is 353 g/mol. The molecule has 0 radical (unpaired) electrons. The van der Waals surface area contributed by atoms with E-state index in [-0.39, 0.29) is 0 Å². The second-order valence-electron chi connectivity index (χ2n) is 5.66. The van der Waals surface area contributed by atoms with Gasteiger partial charge >= 0.3 is 6.18 Å². The van der Waals surface area contributed by atoms with Crippen molar-refractivity contribution in [1.82, 2.24) is 9.97 Å². The molecule has 0 bridgehead atoms. The number of nitrogens with zero attached hydrogens (tertiary/aromatic N) is 2. The predicted molar refractivity (Wildman–Crippen MR) is 92.0 cm³/mol. The fourth-order valence-electron chi connectivity index (χ4n) is 2.57. The Hall–Kier alpha value is -3.33. The summed E-state index contributed by atoms with van der Waals surface area (Å²) in [7, 11) is 0. The van der Waals surface area contributed by atoms with Gasteiger partial charge in [-0.25, -0.2) is 4.98 Å². The van der Waals surface area contributed by atoms with Crippen molar-refractivity contribution in [2.24, 2.45) is 0 Å². The van der Waals surface area contributed by atoms with Gasteiger partial charge in [-0.15, -0.1) is 0 Å². The lowest BCUT2D eigenvalue weighted by atomic mass is 9.95. The number of rotatable bonds is 4. The van der Waals surface area contributed by atoms with Crippen LogP contribution >= 0.6 is 0 Å². The topological polar surface area (TPSA) is 52.5 Å². The van der Waals surface area contributed by atoms with Gasteiger partial charge in [0.25, 0.3) is 0 Å². The van der Waals surface area contributed by atoms with Gasteiger partial charge in [-0.3, -0.25) is 0 Å². The van der Waals surface area contributed by atoms with Crippen molar-refractivity contribution in [3.8, 4) is 6.07 Å². The van der Waals surface area contributed by atoms with Gasteiger partial charge in [0.1, 0.15) is 0 Å². The molecule has 1 heterocycles. The lowest BCUT2D eigenvalue weighted by Gasteiger charge is -2.11. The van der Waals surface area contributed by atoms with Gasteiger partial charge in [0.05, 0.1) is 23.5 Å². The van der Waals surface area contributed by atoms with Gasteiger partial charge in [0.2, 0.25) is 0 Å². The van der Waals surface area contributed by atoms with Crippen molar-refractivity contribution in [2.75, 3.05) is 0 Å². The lowest BCUT2D eigenvalue weighted by molar-refractivity contribution is -0.137. The van der Waals surface area contributed by atoms with Crippen LogP contribution in [0.4, 0.5) is 13.2 Å². The molecule has 0 saturated heterocycles. The summed E-state index contributed by atoms with van der Waals surface area (Å²) in [5.74, 6) is 0. The van der Waals surface area contributed by atoms with Crippen molar-refractivity contribution >= 4 is 5.57 Å². The molecule has 0 amide bonds. The summed E-state index contributed by atoms with van der Waals surface area (Å²) in [6.45, 7) is 0. The zero-order valence-corrected chi connectivity index (χ0v) is 13.6. The third kappa shape index (κ3) is 4.01. The molecule has 0 saturated carbocycles. The highest BCUT2D eigenvalue weighted by Gasteiger charge is 2.30. The normalized spacial score (nSPS) is 12.0. The molecule has 26 heavy (non-hydrogen) atoms. The van der Waals surface area contributed by atoms with E-state index in [2.05, 4.69) is 16.0 Å². The quantitative estimate of drug-likeness (QED) is 0.720. The van der Waals surface area contributed by atoms with Gasteiger partial charge < -0.3 is 4.98 Å². The molecule has 0 unspecified atom stereocenters. The van der Waals surface area contributed by atoms with Crippen molar-refractivity contribution < 1.29 is 13.2 Å². The number of aromatic amines is 1. The van der Waals surface area contributed by atoms with Gasteiger partial charge in [-0.1, -0.05) is 30.3 Å². The van der Waals surface area contributed by atoms with Crippen LogP contribution in [0.5, 0.6) is 0 Å². The highest BCUT2D eigenvalue weighted by atomic mass is 19.4. The van der Waals surface area contributed by atoms with E-state index in [1.807, 2.05) is 6.08 Å². The first-order chi connectivity index (χ1) is 12.5. The first-order valence-corrected chi connectivity index (χ1v) is 7.83. The van der Waals surface area contributed by atoms with Crippen molar-refractivity contribution in [1.29, 1.82) is 5.26 Å². The summed E-state index contributed by atoms with van der Waals surface area (Å²) < 4.78 is 38.4. The number of benzene rings is 2. The first-order valence-electron chi connectivity index (χ1n) is 7.83. The minimum atomic E-state index is -4.37. The van der Waals surface area contributed by atoms with Crippen LogP contribution < -0.4 is 0 Å². The van der Waals surface area contributed by atoms with Crippen LogP contribution in [-0.4, -0.2) is 9.97 Å². The van der Waals surface area contributed by atoms with E-state index in [1.165, 1.54) is 12.1 Å². The second-order valence-corrected chi connectivity index (χ2v) is 5.66. The summed E-state index contributed by atoms with van der Waals surface area (Å²) in [5, 5.41) is 8.94. The summed E-state index contributed by atoms with van der Waals surface area (Å²) >= 11 is 0. The molecule has 0 atom stereocenters. The number of H-pyrrole nitrogens is 1. The molecule has 3 nitrogen and oxygen atoms in total. The Morgan fingerprint density at radius 3 is 2.15 bits per heavy atom. The number of allylic oxidation sites excluding steroid dienone is 1. The molecule has 0 fully saturated rings. The SMILES string of the molecule is N#Cc1ccc(/C(=C/Cc2cnc[nH]2)c2ccc(C(F)(F)F)cc2)cc1. The molecule has 2 aromatic carbocycles. The molecule has 1 N–H and O–H groups in total. The fourth-order valence-corrected chi connectivity index (χ4v) is 2.57. The Bertz CT molecular complexity index is 930. The van der Waals surface area contributed by atoms with Crippen LogP contribution in [0.15, 0.2) is 67.1 Å². The van der Waals surface area contributed by atoms with Crippen molar-refractivity contribution in [2.45, 2.75) is 12.6 Å². The summed E-state index contributed by atoms with van der Waals surface area (Å²) in [4.78, 5) is 6.96. The Kier molecular flexibility index (Phi) is 4.90. The number of halogens is 3. The van der Waals surface area contributed by atoms with Gasteiger partial charge in [0, 0.05) is 18.3 Å². The number of hydrogen-bond donors (Lipinski definition) is 1. The molecule has 0 spiro atoms. The number of hydrogen-bond acceptors (Lipinski definition) is 2. The zero-order valence-electron chi connectivity index (χ0n) is 13.6. The van der Waals surface area contributed by atoms with Crippen LogP contribution in [0, 0.1) is 11.3 Å². The highest BCUT2D eigenvalue weighted by molar-refractivity contribution is 5.80. The molecule has 6 heteroatoms. The predicted octanol–water partition coefficient (Wildman–Crippen LogP) is 4.97. The minimum absolute atomic E-state index is 0.522.